The molecule has 0 fully saturated rings. The van der Waals surface area contributed by atoms with Crippen LogP contribution < -0.4 is 10.1 Å². The minimum Gasteiger partial charge on any atom is -0.433 e. The first-order valence-electron chi connectivity index (χ1n) is 5.56. The van der Waals surface area contributed by atoms with Gasteiger partial charge in [0.1, 0.15) is 5.75 Å². The van der Waals surface area contributed by atoms with Crippen molar-refractivity contribution in [2.45, 2.75) is 20.1 Å². The Balaban J connectivity index is 1.91. The van der Waals surface area contributed by atoms with E-state index in [1.54, 1.807) is 18.5 Å². The molecule has 2 heterocycles. The highest BCUT2D eigenvalue weighted by Crippen LogP contribution is 2.12. The number of alkyl halides is 2. The van der Waals surface area contributed by atoms with Gasteiger partial charge in [-0.1, -0.05) is 0 Å². The van der Waals surface area contributed by atoms with Crippen LogP contribution in [0.25, 0.3) is 0 Å². The summed E-state index contributed by atoms with van der Waals surface area (Å²) >= 11 is 0. The number of hydrogen-bond donors (Lipinski definition) is 1. The van der Waals surface area contributed by atoms with Crippen LogP contribution in [0.2, 0.25) is 0 Å². The minimum atomic E-state index is -2.84. The third kappa shape index (κ3) is 4.13. The van der Waals surface area contributed by atoms with Gasteiger partial charge in [-0.05, 0) is 24.6 Å². The molecule has 5 nitrogen and oxygen atoms in total. The monoisotopic (exact) mass is 266 g/mol. The van der Waals surface area contributed by atoms with E-state index < -0.39 is 6.61 Å². The van der Waals surface area contributed by atoms with E-state index >= 15 is 0 Å². The first-order valence-corrected chi connectivity index (χ1v) is 5.56. The maximum atomic E-state index is 11.9. The Bertz CT molecular complexity index is 516. The third-order valence-electron chi connectivity index (χ3n) is 2.23. The molecule has 0 spiro atoms. The standard InChI is InChI=1S/C12H12F2N4O/c1-8-4-16-12(17-5-8)18-6-9-2-3-10(7-15-9)19-11(13)14/h2-5,7,11H,6H2,1H3,(H,16,17,18). The molecule has 2 rings (SSSR count). The van der Waals surface area contributed by atoms with E-state index in [2.05, 4.69) is 25.0 Å². The van der Waals surface area contributed by atoms with Crippen LogP contribution >= 0.6 is 0 Å². The van der Waals surface area contributed by atoms with Gasteiger partial charge in [0.15, 0.2) is 0 Å². The Labute approximate surface area is 108 Å². The Morgan fingerprint density at radius 1 is 1.16 bits per heavy atom. The predicted molar refractivity (Wildman–Crippen MR) is 65.0 cm³/mol. The zero-order chi connectivity index (χ0) is 13.7. The zero-order valence-corrected chi connectivity index (χ0v) is 10.2. The first-order chi connectivity index (χ1) is 9.13. The summed E-state index contributed by atoms with van der Waals surface area (Å²) in [4.78, 5) is 12.1. The van der Waals surface area contributed by atoms with E-state index in [1.807, 2.05) is 6.92 Å². The zero-order valence-electron chi connectivity index (χ0n) is 10.2. The number of pyridine rings is 1. The molecule has 0 saturated carbocycles. The highest BCUT2D eigenvalue weighted by molar-refractivity contribution is 5.27. The fourth-order valence-electron chi connectivity index (χ4n) is 1.34. The van der Waals surface area contributed by atoms with E-state index in [0.29, 0.717) is 18.2 Å². The van der Waals surface area contributed by atoms with Crippen LogP contribution in [0, 0.1) is 6.92 Å². The summed E-state index contributed by atoms with van der Waals surface area (Å²) in [6.45, 7) is -0.544. The third-order valence-corrected chi connectivity index (χ3v) is 2.23. The van der Waals surface area contributed by atoms with Crippen LogP contribution in [0.15, 0.2) is 30.7 Å². The van der Waals surface area contributed by atoms with E-state index in [-0.39, 0.29) is 5.75 Å². The van der Waals surface area contributed by atoms with Crippen molar-refractivity contribution < 1.29 is 13.5 Å². The molecule has 0 aromatic carbocycles. The predicted octanol–water partition coefficient (Wildman–Crippen LogP) is 2.39. The van der Waals surface area contributed by atoms with Gasteiger partial charge >= 0.3 is 6.61 Å². The van der Waals surface area contributed by atoms with Crippen molar-refractivity contribution in [3.05, 3.63) is 42.0 Å². The largest absolute Gasteiger partial charge is 0.433 e. The molecule has 0 bridgehead atoms. The van der Waals surface area contributed by atoms with Gasteiger partial charge in [-0.3, -0.25) is 4.98 Å². The second-order valence-corrected chi connectivity index (χ2v) is 3.80. The smallest absolute Gasteiger partial charge is 0.387 e. The molecule has 0 radical (unpaired) electrons. The highest BCUT2D eigenvalue weighted by Gasteiger charge is 2.04. The van der Waals surface area contributed by atoms with E-state index in [1.165, 1.54) is 12.3 Å². The fraction of sp³-hybridized carbons (Fsp3) is 0.250. The lowest BCUT2D eigenvalue weighted by atomic mass is 10.3. The number of halogens is 2. The molecule has 0 amide bonds. The molecule has 0 saturated heterocycles. The molecular formula is C12H12F2N4O. The Morgan fingerprint density at radius 3 is 2.47 bits per heavy atom. The molecule has 1 N–H and O–H groups in total. The summed E-state index contributed by atoms with van der Waals surface area (Å²) in [5.74, 6) is 0.519. The Hall–Kier alpha value is -2.31. The van der Waals surface area contributed by atoms with E-state index in [4.69, 9.17) is 0 Å². The molecule has 2 aromatic rings. The number of nitrogens with one attached hydrogen (secondary N) is 1. The van der Waals surface area contributed by atoms with Crippen LogP contribution in [0.5, 0.6) is 5.75 Å². The van der Waals surface area contributed by atoms with Crippen molar-refractivity contribution in [1.82, 2.24) is 15.0 Å². The number of nitrogens with zero attached hydrogens (tertiary/aromatic N) is 3. The summed E-state index contributed by atoms with van der Waals surface area (Å²) in [7, 11) is 0. The minimum absolute atomic E-state index is 0.0327. The van der Waals surface area contributed by atoms with Crippen molar-refractivity contribution in [1.29, 1.82) is 0 Å². The molecule has 7 heteroatoms. The van der Waals surface area contributed by atoms with Gasteiger partial charge in [0, 0.05) is 12.4 Å². The summed E-state index contributed by atoms with van der Waals surface area (Å²) in [6, 6.07) is 3.03. The fourth-order valence-corrected chi connectivity index (χ4v) is 1.34. The summed E-state index contributed by atoms with van der Waals surface area (Å²) in [5.41, 5.74) is 1.64. The quantitative estimate of drug-likeness (QED) is 0.900. The number of aromatic nitrogens is 3. The lowest BCUT2D eigenvalue weighted by molar-refractivity contribution is -0.0500. The molecule has 100 valence electrons. The molecule has 0 unspecified atom stereocenters. The van der Waals surface area contributed by atoms with Gasteiger partial charge in [0.05, 0.1) is 18.4 Å². The lowest BCUT2D eigenvalue weighted by Crippen LogP contribution is -2.06. The number of aryl methyl sites for hydroxylation is 1. The number of hydrogen-bond acceptors (Lipinski definition) is 5. The van der Waals surface area contributed by atoms with Crippen molar-refractivity contribution in [2.24, 2.45) is 0 Å². The van der Waals surface area contributed by atoms with E-state index in [0.717, 1.165) is 5.56 Å². The average molecular weight is 266 g/mol. The molecule has 0 aliphatic rings. The first kappa shape index (κ1) is 13.1. The lowest BCUT2D eigenvalue weighted by Gasteiger charge is -2.06. The van der Waals surface area contributed by atoms with Gasteiger partial charge in [-0.15, -0.1) is 0 Å². The number of anilines is 1. The second-order valence-electron chi connectivity index (χ2n) is 3.80. The van der Waals surface area contributed by atoms with Gasteiger partial charge in [0.2, 0.25) is 5.95 Å². The second kappa shape index (κ2) is 6.03. The SMILES string of the molecule is Cc1cnc(NCc2ccc(OC(F)F)cn2)nc1. The maximum Gasteiger partial charge on any atom is 0.387 e. The molecule has 0 atom stereocenters. The van der Waals surface area contributed by atoms with Crippen LogP contribution in [-0.4, -0.2) is 21.6 Å². The van der Waals surface area contributed by atoms with Crippen molar-refractivity contribution in [2.75, 3.05) is 5.32 Å². The topological polar surface area (TPSA) is 59.9 Å². The molecule has 0 aliphatic heterocycles. The van der Waals surface area contributed by atoms with Gasteiger partial charge in [-0.2, -0.15) is 8.78 Å². The van der Waals surface area contributed by atoms with Crippen LogP contribution in [0.4, 0.5) is 14.7 Å². The van der Waals surface area contributed by atoms with Gasteiger partial charge < -0.3 is 10.1 Å². The van der Waals surface area contributed by atoms with Crippen molar-refractivity contribution >= 4 is 5.95 Å². The van der Waals surface area contributed by atoms with Gasteiger partial charge in [-0.25, -0.2) is 9.97 Å². The number of ether oxygens (including phenoxy) is 1. The highest BCUT2D eigenvalue weighted by atomic mass is 19.3. The van der Waals surface area contributed by atoms with Crippen molar-refractivity contribution in [3.8, 4) is 5.75 Å². The normalized spacial score (nSPS) is 10.5. The van der Waals surface area contributed by atoms with Crippen LogP contribution in [-0.2, 0) is 6.54 Å². The van der Waals surface area contributed by atoms with Crippen LogP contribution in [0.3, 0.4) is 0 Å². The van der Waals surface area contributed by atoms with E-state index in [9.17, 15) is 8.78 Å². The summed E-state index contributed by atoms with van der Waals surface area (Å²) in [5, 5.41) is 2.97. The van der Waals surface area contributed by atoms with Crippen molar-refractivity contribution in [3.63, 3.8) is 0 Å². The summed E-state index contributed by atoms with van der Waals surface area (Å²) < 4.78 is 28.1. The average Bonchev–Trinajstić information content (AvgIpc) is 2.39. The molecular weight excluding hydrogens is 254 g/mol. The van der Waals surface area contributed by atoms with Gasteiger partial charge in [0.25, 0.3) is 0 Å². The number of rotatable bonds is 5. The summed E-state index contributed by atoms with van der Waals surface area (Å²) in [6.07, 6.45) is 4.64. The Morgan fingerprint density at radius 2 is 1.89 bits per heavy atom. The Kier molecular flexibility index (Phi) is 4.17. The molecule has 19 heavy (non-hydrogen) atoms. The molecule has 0 aliphatic carbocycles. The molecule has 2 aromatic heterocycles. The van der Waals surface area contributed by atoms with Crippen LogP contribution in [0.1, 0.15) is 11.3 Å². The maximum absolute atomic E-state index is 11.9.